The number of hydrogen-bond donors (Lipinski definition) is 1. The van der Waals surface area contributed by atoms with Crippen molar-refractivity contribution in [3.63, 3.8) is 0 Å². The average Bonchev–Trinajstić information content (AvgIpc) is 2.25. The van der Waals surface area contributed by atoms with Crippen molar-refractivity contribution in [1.29, 1.82) is 0 Å². The average molecular weight is 262 g/mol. The minimum absolute atomic E-state index is 0.184. The van der Waals surface area contributed by atoms with Crippen LogP contribution in [0.1, 0.15) is 30.5 Å². The highest BCUT2D eigenvalue weighted by atomic mass is 19.4. The first-order chi connectivity index (χ1) is 8.24. The molecule has 4 nitrogen and oxygen atoms in total. The van der Waals surface area contributed by atoms with Crippen molar-refractivity contribution < 1.29 is 18.1 Å². The summed E-state index contributed by atoms with van der Waals surface area (Å²) >= 11 is 0. The molecule has 0 amide bonds. The number of non-ortho nitro benzene ring substituents is 1. The third-order valence-corrected chi connectivity index (χ3v) is 2.57. The van der Waals surface area contributed by atoms with Crippen LogP contribution in [0, 0.1) is 10.1 Å². The van der Waals surface area contributed by atoms with Gasteiger partial charge in [0.2, 0.25) is 0 Å². The molecule has 1 unspecified atom stereocenters. The highest BCUT2D eigenvalue weighted by Gasteiger charge is 2.32. The summed E-state index contributed by atoms with van der Waals surface area (Å²) in [7, 11) is 0. The number of rotatable bonds is 4. The predicted molar refractivity (Wildman–Crippen MR) is 60.1 cm³/mol. The van der Waals surface area contributed by atoms with Crippen LogP contribution in [0.15, 0.2) is 18.2 Å². The van der Waals surface area contributed by atoms with Crippen molar-refractivity contribution in [2.75, 3.05) is 0 Å². The van der Waals surface area contributed by atoms with Crippen molar-refractivity contribution in [2.24, 2.45) is 5.73 Å². The van der Waals surface area contributed by atoms with Crippen LogP contribution < -0.4 is 5.73 Å². The van der Waals surface area contributed by atoms with E-state index < -0.39 is 23.6 Å². The van der Waals surface area contributed by atoms with E-state index in [0.29, 0.717) is 12.0 Å². The zero-order valence-electron chi connectivity index (χ0n) is 9.70. The molecule has 1 atom stereocenters. The quantitative estimate of drug-likeness (QED) is 0.669. The van der Waals surface area contributed by atoms with Gasteiger partial charge >= 0.3 is 6.18 Å². The number of hydrogen-bond acceptors (Lipinski definition) is 3. The van der Waals surface area contributed by atoms with E-state index in [9.17, 15) is 23.3 Å². The summed E-state index contributed by atoms with van der Waals surface area (Å²) in [5.74, 6) is 0. The lowest BCUT2D eigenvalue weighted by Gasteiger charge is -2.17. The molecule has 0 saturated carbocycles. The summed E-state index contributed by atoms with van der Waals surface area (Å²) in [4.78, 5) is 9.95. The Labute approximate surface area is 102 Å². The zero-order chi connectivity index (χ0) is 13.9. The van der Waals surface area contributed by atoms with Crippen LogP contribution in [0.5, 0.6) is 0 Å². The van der Waals surface area contributed by atoms with E-state index in [-0.39, 0.29) is 11.3 Å². The van der Waals surface area contributed by atoms with Gasteiger partial charge in [0.1, 0.15) is 0 Å². The first kappa shape index (κ1) is 14.4. The van der Waals surface area contributed by atoms with E-state index in [1.807, 2.05) is 0 Å². The molecular weight excluding hydrogens is 249 g/mol. The second-order valence-corrected chi connectivity index (χ2v) is 3.92. The van der Waals surface area contributed by atoms with Crippen molar-refractivity contribution in [1.82, 2.24) is 0 Å². The summed E-state index contributed by atoms with van der Waals surface area (Å²) in [5.41, 5.74) is 6.01. The Bertz CT molecular complexity index is 446. The lowest BCUT2D eigenvalue weighted by Crippen LogP contribution is -2.21. The van der Waals surface area contributed by atoms with Gasteiger partial charge in [-0.05, 0) is 17.5 Å². The summed E-state index contributed by atoms with van der Waals surface area (Å²) in [6.07, 6.45) is -5.12. The molecule has 0 fully saturated rings. The Morgan fingerprint density at radius 2 is 2.06 bits per heavy atom. The molecular formula is C11H13F3N2O2. The highest BCUT2D eigenvalue weighted by molar-refractivity contribution is 5.41. The third kappa shape index (κ3) is 3.69. The molecule has 1 aromatic carbocycles. The van der Waals surface area contributed by atoms with Crippen LogP contribution in [0.2, 0.25) is 0 Å². The molecule has 0 radical (unpaired) electrons. The molecule has 7 heteroatoms. The molecule has 0 spiro atoms. The Hall–Kier alpha value is -1.63. The van der Waals surface area contributed by atoms with E-state index in [1.54, 1.807) is 6.92 Å². The van der Waals surface area contributed by atoms with E-state index in [1.165, 1.54) is 12.1 Å². The van der Waals surface area contributed by atoms with Gasteiger partial charge in [-0.15, -0.1) is 0 Å². The molecule has 1 rings (SSSR count). The van der Waals surface area contributed by atoms with Gasteiger partial charge in [0.05, 0.1) is 11.3 Å². The van der Waals surface area contributed by atoms with E-state index in [2.05, 4.69) is 0 Å². The highest BCUT2D eigenvalue weighted by Crippen LogP contribution is 2.31. The fourth-order valence-corrected chi connectivity index (χ4v) is 1.72. The summed E-state index contributed by atoms with van der Waals surface area (Å²) in [6.45, 7) is 1.75. The molecule has 0 saturated heterocycles. The Morgan fingerprint density at radius 3 is 2.50 bits per heavy atom. The molecule has 18 heavy (non-hydrogen) atoms. The van der Waals surface area contributed by atoms with Gasteiger partial charge in [-0.1, -0.05) is 13.0 Å². The SMILES string of the molecule is CCc1ccc([N+](=O)[O-])cc1C(N)CC(F)(F)F. The maximum Gasteiger partial charge on any atom is 0.390 e. The van der Waals surface area contributed by atoms with Crippen LogP contribution in [0.25, 0.3) is 0 Å². The fraction of sp³-hybridized carbons (Fsp3) is 0.455. The number of aryl methyl sites for hydroxylation is 1. The van der Waals surface area contributed by atoms with Gasteiger partial charge in [-0.25, -0.2) is 0 Å². The molecule has 1 aromatic rings. The van der Waals surface area contributed by atoms with Gasteiger partial charge in [-0.2, -0.15) is 13.2 Å². The molecule has 0 bridgehead atoms. The second-order valence-electron chi connectivity index (χ2n) is 3.92. The minimum atomic E-state index is -4.39. The van der Waals surface area contributed by atoms with Gasteiger partial charge in [0.25, 0.3) is 5.69 Å². The van der Waals surface area contributed by atoms with Crippen LogP contribution in [0.3, 0.4) is 0 Å². The fourth-order valence-electron chi connectivity index (χ4n) is 1.72. The summed E-state index contributed by atoms with van der Waals surface area (Å²) in [6, 6.07) is 2.56. The van der Waals surface area contributed by atoms with Gasteiger partial charge in [-0.3, -0.25) is 10.1 Å². The molecule has 0 aliphatic heterocycles. The van der Waals surface area contributed by atoms with Gasteiger partial charge < -0.3 is 5.73 Å². The second kappa shape index (κ2) is 5.34. The minimum Gasteiger partial charge on any atom is -0.324 e. The first-order valence-electron chi connectivity index (χ1n) is 5.34. The maximum absolute atomic E-state index is 12.3. The maximum atomic E-state index is 12.3. The summed E-state index contributed by atoms with van der Waals surface area (Å²) in [5, 5.41) is 10.6. The van der Waals surface area contributed by atoms with Crippen molar-refractivity contribution in [3.8, 4) is 0 Å². The van der Waals surface area contributed by atoms with Crippen molar-refractivity contribution in [2.45, 2.75) is 32.0 Å². The molecule has 0 aliphatic rings. The largest absolute Gasteiger partial charge is 0.390 e. The predicted octanol–water partition coefficient (Wildman–Crippen LogP) is 3.11. The van der Waals surface area contributed by atoms with Gasteiger partial charge in [0, 0.05) is 18.2 Å². The molecule has 2 N–H and O–H groups in total. The van der Waals surface area contributed by atoms with E-state index >= 15 is 0 Å². The number of nitro groups is 1. The number of nitrogens with two attached hydrogens (primary N) is 1. The van der Waals surface area contributed by atoms with Gasteiger partial charge in [0.15, 0.2) is 0 Å². The smallest absolute Gasteiger partial charge is 0.324 e. The van der Waals surface area contributed by atoms with E-state index in [0.717, 1.165) is 6.07 Å². The lowest BCUT2D eigenvalue weighted by atomic mass is 9.96. The summed E-state index contributed by atoms with van der Waals surface area (Å²) < 4.78 is 36.8. The van der Waals surface area contributed by atoms with Crippen LogP contribution in [-0.4, -0.2) is 11.1 Å². The monoisotopic (exact) mass is 262 g/mol. The number of nitro benzene ring substituents is 1. The number of nitrogens with zero attached hydrogens (tertiary/aromatic N) is 1. The molecule has 100 valence electrons. The van der Waals surface area contributed by atoms with Crippen LogP contribution in [0.4, 0.5) is 18.9 Å². The Balaban J connectivity index is 3.11. The topological polar surface area (TPSA) is 69.2 Å². The number of alkyl halides is 3. The molecule has 0 aliphatic carbocycles. The number of benzene rings is 1. The normalized spacial score (nSPS) is 13.4. The number of halogens is 3. The Morgan fingerprint density at radius 1 is 1.44 bits per heavy atom. The molecule has 0 heterocycles. The van der Waals surface area contributed by atoms with Crippen LogP contribution >= 0.6 is 0 Å². The third-order valence-electron chi connectivity index (χ3n) is 2.57. The van der Waals surface area contributed by atoms with Crippen LogP contribution in [-0.2, 0) is 6.42 Å². The molecule has 0 aromatic heterocycles. The van der Waals surface area contributed by atoms with E-state index in [4.69, 9.17) is 5.73 Å². The first-order valence-corrected chi connectivity index (χ1v) is 5.34. The Kier molecular flexibility index (Phi) is 4.28. The standard InChI is InChI=1S/C11H13F3N2O2/c1-2-7-3-4-8(16(17)18)5-9(7)10(15)6-11(12,13)14/h3-5,10H,2,6,15H2,1H3. The zero-order valence-corrected chi connectivity index (χ0v) is 9.70. The lowest BCUT2D eigenvalue weighted by molar-refractivity contribution is -0.385. The van der Waals surface area contributed by atoms with Crippen molar-refractivity contribution in [3.05, 3.63) is 39.4 Å². The van der Waals surface area contributed by atoms with Crippen molar-refractivity contribution >= 4 is 5.69 Å².